The van der Waals surface area contributed by atoms with Crippen molar-refractivity contribution in [2.45, 2.75) is 12.8 Å². The van der Waals surface area contributed by atoms with Crippen LogP contribution in [0.5, 0.6) is 0 Å². The number of oxazole rings is 1. The molecule has 0 fully saturated rings. The molecule has 74 valence electrons. The Morgan fingerprint density at radius 3 is 3.14 bits per heavy atom. The number of aryl methyl sites for hydroxylation is 1. The van der Waals surface area contributed by atoms with Crippen molar-refractivity contribution in [3.8, 4) is 10.8 Å². The van der Waals surface area contributed by atoms with Gasteiger partial charge in [0.25, 0.3) is 0 Å². The number of hydrogen-bond acceptors (Lipinski definition) is 4. The molecule has 0 radical (unpaired) electrons. The molecule has 0 amide bonds. The molecule has 4 heteroatoms. The number of thiophene rings is 1. The first-order chi connectivity index (χ1) is 6.90. The van der Waals surface area contributed by atoms with Crippen molar-refractivity contribution in [3.63, 3.8) is 0 Å². The monoisotopic (exact) mass is 209 g/mol. The summed E-state index contributed by atoms with van der Waals surface area (Å²) in [5.74, 6) is 0.674. The van der Waals surface area contributed by atoms with Crippen LogP contribution in [0.4, 0.5) is 0 Å². The van der Waals surface area contributed by atoms with Gasteiger partial charge in [0.15, 0.2) is 0 Å². The van der Waals surface area contributed by atoms with E-state index in [9.17, 15) is 0 Å². The van der Waals surface area contributed by atoms with Crippen LogP contribution in [-0.4, -0.2) is 16.7 Å². The van der Waals surface area contributed by atoms with E-state index in [1.165, 1.54) is 0 Å². The van der Waals surface area contributed by atoms with Crippen molar-refractivity contribution in [2.75, 3.05) is 6.61 Å². The average Bonchev–Trinajstić information content (AvgIpc) is 2.85. The summed E-state index contributed by atoms with van der Waals surface area (Å²) in [6.45, 7) is 0.196. The largest absolute Gasteiger partial charge is 0.444 e. The molecule has 0 bridgehead atoms. The second-order valence-electron chi connectivity index (χ2n) is 2.95. The SMILES string of the molecule is OCCCc1coc(-c2cccs2)n1. The maximum absolute atomic E-state index is 8.66. The van der Waals surface area contributed by atoms with Gasteiger partial charge in [0.2, 0.25) is 5.89 Å². The van der Waals surface area contributed by atoms with Crippen molar-refractivity contribution >= 4 is 11.3 Å². The van der Waals surface area contributed by atoms with Crippen molar-refractivity contribution < 1.29 is 9.52 Å². The quantitative estimate of drug-likeness (QED) is 0.840. The van der Waals surface area contributed by atoms with Gasteiger partial charge in [0.1, 0.15) is 6.26 Å². The van der Waals surface area contributed by atoms with Gasteiger partial charge in [-0.25, -0.2) is 4.98 Å². The fourth-order valence-electron chi connectivity index (χ4n) is 1.20. The fourth-order valence-corrected chi connectivity index (χ4v) is 1.85. The molecular formula is C10H11NO2S. The Morgan fingerprint density at radius 1 is 1.50 bits per heavy atom. The minimum Gasteiger partial charge on any atom is -0.444 e. The summed E-state index contributed by atoms with van der Waals surface area (Å²) in [5.41, 5.74) is 0.905. The molecule has 0 unspecified atom stereocenters. The van der Waals surface area contributed by atoms with E-state index in [0.29, 0.717) is 5.89 Å². The van der Waals surface area contributed by atoms with Crippen LogP contribution in [0.3, 0.4) is 0 Å². The van der Waals surface area contributed by atoms with E-state index in [4.69, 9.17) is 9.52 Å². The van der Waals surface area contributed by atoms with Crippen LogP contribution < -0.4 is 0 Å². The highest BCUT2D eigenvalue weighted by Crippen LogP contribution is 2.23. The molecule has 0 saturated carbocycles. The third kappa shape index (κ3) is 2.02. The third-order valence-electron chi connectivity index (χ3n) is 1.87. The van der Waals surface area contributed by atoms with Gasteiger partial charge in [-0.15, -0.1) is 11.3 Å². The van der Waals surface area contributed by atoms with Crippen LogP contribution in [0.1, 0.15) is 12.1 Å². The molecule has 3 nitrogen and oxygen atoms in total. The molecular weight excluding hydrogens is 198 g/mol. The Labute approximate surface area is 86.0 Å². The van der Waals surface area contributed by atoms with Crippen LogP contribution in [0, 0.1) is 0 Å². The number of nitrogens with zero attached hydrogens (tertiary/aromatic N) is 1. The first-order valence-electron chi connectivity index (χ1n) is 4.49. The molecule has 0 aliphatic heterocycles. The smallest absolute Gasteiger partial charge is 0.236 e. The lowest BCUT2D eigenvalue weighted by Crippen LogP contribution is -1.88. The second-order valence-corrected chi connectivity index (χ2v) is 3.90. The Kier molecular flexibility index (Phi) is 2.96. The van der Waals surface area contributed by atoms with Crippen LogP contribution in [0.25, 0.3) is 10.8 Å². The van der Waals surface area contributed by atoms with Crippen LogP contribution in [-0.2, 0) is 6.42 Å². The van der Waals surface area contributed by atoms with Crippen molar-refractivity contribution in [1.29, 1.82) is 0 Å². The van der Waals surface area contributed by atoms with Crippen LogP contribution in [0.2, 0.25) is 0 Å². The zero-order chi connectivity index (χ0) is 9.80. The minimum absolute atomic E-state index is 0.196. The summed E-state index contributed by atoms with van der Waals surface area (Å²) in [7, 11) is 0. The van der Waals surface area contributed by atoms with Crippen LogP contribution in [0.15, 0.2) is 28.2 Å². The topological polar surface area (TPSA) is 46.3 Å². The van der Waals surface area contributed by atoms with E-state index in [0.717, 1.165) is 23.4 Å². The molecule has 0 aliphatic rings. The molecule has 0 atom stereocenters. The normalized spacial score (nSPS) is 10.6. The molecule has 0 spiro atoms. The number of hydrogen-bond donors (Lipinski definition) is 1. The molecule has 0 saturated heterocycles. The van der Waals surface area contributed by atoms with E-state index >= 15 is 0 Å². The van der Waals surface area contributed by atoms with Gasteiger partial charge < -0.3 is 9.52 Å². The van der Waals surface area contributed by atoms with E-state index in [1.807, 2.05) is 17.5 Å². The molecule has 0 aromatic carbocycles. The zero-order valence-electron chi connectivity index (χ0n) is 7.64. The molecule has 2 aromatic rings. The van der Waals surface area contributed by atoms with Crippen molar-refractivity contribution in [1.82, 2.24) is 4.98 Å². The van der Waals surface area contributed by atoms with E-state index in [-0.39, 0.29) is 6.61 Å². The highest BCUT2D eigenvalue weighted by molar-refractivity contribution is 7.13. The maximum Gasteiger partial charge on any atom is 0.236 e. The fraction of sp³-hybridized carbons (Fsp3) is 0.300. The minimum atomic E-state index is 0.196. The predicted molar refractivity (Wildman–Crippen MR) is 55.2 cm³/mol. The van der Waals surface area contributed by atoms with Crippen molar-refractivity contribution in [3.05, 3.63) is 29.5 Å². The Balaban J connectivity index is 2.10. The van der Waals surface area contributed by atoms with Gasteiger partial charge in [-0.3, -0.25) is 0 Å². The molecule has 2 heterocycles. The van der Waals surface area contributed by atoms with Gasteiger partial charge in [-0.1, -0.05) is 6.07 Å². The molecule has 14 heavy (non-hydrogen) atoms. The van der Waals surface area contributed by atoms with Gasteiger partial charge in [-0.05, 0) is 24.3 Å². The molecule has 2 rings (SSSR count). The summed E-state index contributed by atoms with van der Waals surface area (Å²) < 4.78 is 5.32. The molecule has 1 N–H and O–H groups in total. The van der Waals surface area contributed by atoms with Gasteiger partial charge in [-0.2, -0.15) is 0 Å². The van der Waals surface area contributed by atoms with Crippen molar-refractivity contribution in [2.24, 2.45) is 0 Å². The summed E-state index contributed by atoms with van der Waals surface area (Å²) >= 11 is 1.61. The average molecular weight is 209 g/mol. The summed E-state index contributed by atoms with van der Waals surface area (Å²) in [5, 5.41) is 10.7. The lowest BCUT2D eigenvalue weighted by atomic mass is 10.3. The summed E-state index contributed by atoms with van der Waals surface area (Å²) in [6.07, 6.45) is 3.16. The number of aromatic nitrogens is 1. The Morgan fingerprint density at radius 2 is 2.43 bits per heavy atom. The molecule has 0 aliphatic carbocycles. The maximum atomic E-state index is 8.66. The van der Waals surface area contributed by atoms with E-state index in [1.54, 1.807) is 17.6 Å². The third-order valence-corrected chi connectivity index (χ3v) is 2.73. The lowest BCUT2D eigenvalue weighted by molar-refractivity contribution is 0.288. The first-order valence-corrected chi connectivity index (χ1v) is 5.37. The van der Waals surface area contributed by atoms with E-state index in [2.05, 4.69) is 4.98 Å². The standard InChI is InChI=1S/C10H11NO2S/c12-5-1-3-8-7-13-10(11-8)9-4-2-6-14-9/h2,4,6-7,12H,1,3,5H2. The Bertz CT molecular complexity index is 380. The first kappa shape index (κ1) is 9.43. The second kappa shape index (κ2) is 4.39. The summed E-state index contributed by atoms with van der Waals surface area (Å²) in [4.78, 5) is 5.36. The van der Waals surface area contributed by atoms with Gasteiger partial charge in [0.05, 0.1) is 10.6 Å². The Hall–Kier alpha value is -1.13. The van der Waals surface area contributed by atoms with Gasteiger partial charge >= 0.3 is 0 Å². The number of aliphatic hydroxyl groups is 1. The van der Waals surface area contributed by atoms with Crippen LogP contribution >= 0.6 is 11.3 Å². The highest BCUT2D eigenvalue weighted by Gasteiger charge is 2.06. The number of rotatable bonds is 4. The van der Waals surface area contributed by atoms with Gasteiger partial charge in [0, 0.05) is 6.61 Å². The summed E-state index contributed by atoms with van der Waals surface area (Å²) in [6, 6.07) is 3.95. The molecule has 2 aromatic heterocycles. The number of aliphatic hydroxyl groups excluding tert-OH is 1. The highest BCUT2D eigenvalue weighted by atomic mass is 32.1. The van der Waals surface area contributed by atoms with E-state index < -0.39 is 0 Å². The zero-order valence-corrected chi connectivity index (χ0v) is 8.46. The lowest BCUT2D eigenvalue weighted by Gasteiger charge is -1.89. The predicted octanol–water partition coefficient (Wildman–Crippen LogP) is 2.33.